The largest absolute Gasteiger partial charge is 0.379 e. The van der Waals surface area contributed by atoms with Crippen LogP contribution in [-0.4, -0.2) is 83.1 Å². The van der Waals surface area contributed by atoms with Gasteiger partial charge in [-0.25, -0.2) is 13.1 Å². The Morgan fingerprint density at radius 3 is 2.42 bits per heavy atom. The van der Waals surface area contributed by atoms with Crippen molar-refractivity contribution in [2.45, 2.75) is 33.2 Å². The number of aliphatic imine (C=N–C) groups is 1. The Bertz CT molecular complexity index is 487. The van der Waals surface area contributed by atoms with E-state index >= 15 is 0 Å². The number of ether oxygens (including phenoxy) is 1. The van der Waals surface area contributed by atoms with E-state index in [2.05, 4.69) is 39.1 Å². The van der Waals surface area contributed by atoms with Gasteiger partial charge in [-0.2, -0.15) is 0 Å². The molecule has 1 aliphatic rings. The first-order valence-electron chi connectivity index (χ1n) is 8.63. The second-order valence-corrected chi connectivity index (χ2v) is 8.43. The molecule has 0 spiro atoms. The molecule has 9 heteroatoms. The quantitative estimate of drug-likeness (QED) is 0.293. The summed E-state index contributed by atoms with van der Waals surface area (Å²) in [6, 6.07) is 0. The number of morpholine rings is 1. The lowest BCUT2D eigenvalue weighted by atomic mass is 10.0. The van der Waals surface area contributed by atoms with Crippen molar-refractivity contribution >= 4 is 16.0 Å². The third kappa shape index (κ3) is 7.78. The topological polar surface area (TPSA) is 95.1 Å². The standard InChI is InChI=1S/C15H33N5O3S/c1-5-16-14(17-7-8-19-24(21,22)6-2)18-13-15(3,4)20-9-11-23-12-10-20/h19H,5-13H2,1-4H3,(H2,16,17,18). The molecule has 1 saturated heterocycles. The third-order valence-corrected chi connectivity index (χ3v) is 5.36. The predicted octanol–water partition coefficient (Wildman–Crippen LogP) is -0.408. The molecular formula is C15H33N5O3S. The maximum absolute atomic E-state index is 11.4. The number of nitrogens with one attached hydrogen (secondary N) is 3. The number of hydrogen-bond acceptors (Lipinski definition) is 5. The summed E-state index contributed by atoms with van der Waals surface area (Å²) in [6.45, 7) is 13.6. The van der Waals surface area contributed by atoms with Gasteiger partial charge in [-0.05, 0) is 27.7 Å². The first-order chi connectivity index (χ1) is 11.3. The van der Waals surface area contributed by atoms with Gasteiger partial charge >= 0.3 is 0 Å². The number of hydrogen-bond donors (Lipinski definition) is 3. The van der Waals surface area contributed by atoms with Crippen LogP contribution >= 0.6 is 0 Å². The van der Waals surface area contributed by atoms with E-state index in [4.69, 9.17) is 4.74 Å². The van der Waals surface area contributed by atoms with Crippen molar-refractivity contribution in [3.63, 3.8) is 0 Å². The van der Waals surface area contributed by atoms with Gasteiger partial charge in [-0.15, -0.1) is 0 Å². The van der Waals surface area contributed by atoms with E-state index in [1.54, 1.807) is 6.92 Å². The van der Waals surface area contributed by atoms with E-state index in [-0.39, 0.29) is 11.3 Å². The van der Waals surface area contributed by atoms with Crippen LogP contribution in [0, 0.1) is 0 Å². The molecule has 1 aliphatic heterocycles. The van der Waals surface area contributed by atoms with E-state index in [0.717, 1.165) is 32.8 Å². The minimum Gasteiger partial charge on any atom is -0.379 e. The average Bonchev–Trinajstić information content (AvgIpc) is 2.57. The fourth-order valence-corrected chi connectivity index (χ4v) is 2.99. The molecular weight excluding hydrogens is 330 g/mol. The van der Waals surface area contributed by atoms with Crippen LogP contribution in [0.5, 0.6) is 0 Å². The average molecular weight is 364 g/mol. The summed E-state index contributed by atoms with van der Waals surface area (Å²) < 4.78 is 30.7. The lowest BCUT2D eigenvalue weighted by molar-refractivity contribution is -0.00683. The van der Waals surface area contributed by atoms with Crippen LogP contribution in [-0.2, 0) is 14.8 Å². The summed E-state index contributed by atoms with van der Waals surface area (Å²) in [7, 11) is -3.15. The van der Waals surface area contributed by atoms with Gasteiger partial charge < -0.3 is 15.4 Å². The van der Waals surface area contributed by atoms with E-state index in [1.165, 1.54) is 0 Å². The molecule has 3 N–H and O–H groups in total. The molecule has 0 aromatic rings. The number of nitrogens with zero attached hydrogens (tertiary/aromatic N) is 2. The predicted molar refractivity (Wildman–Crippen MR) is 97.9 cm³/mol. The van der Waals surface area contributed by atoms with E-state index < -0.39 is 10.0 Å². The highest BCUT2D eigenvalue weighted by molar-refractivity contribution is 7.89. The van der Waals surface area contributed by atoms with Gasteiger partial charge in [-0.3, -0.25) is 9.89 Å². The molecule has 0 aromatic heterocycles. The van der Waals surface area contributed by atoms with Gasteiger partial charge in [0.25, 0.3) is 0 Å². The highest BCUT2D eigenvalue weighted by Crippen LogP contribution is 2.16. The maximum Gasteiger partial charge on any atom is 0.211 e. The first-order valence-corrected chi connectivity index (χ1v) is 10.3. The zero-order valence-electron chi connectivity index (χ0n) is 15.4. The van der Waals surface area contributed by atoms with Crippen molar-refractivity contribution < 1.29 is 13.2 Å². The zero-order valence-corrected chi connectivity index (χ0v) is 16.2. The molecule has 0 radical (unpaired) electrons. The Balaban J connectivity index is 2.48. The molecule has 0 aliphatic carbocycles. The van der Waals surface area contributed by atoms with Crippen molar-refractivity contribution in [2.24, 2.45) is 4.99 Å². The van der Waals surface area contributed by atoms with Gasteiger partial charge in [-0.1, -0.05) is 0 Å². The number of guanidine groups is 1. The Morgan fingerprint density at radius 1 is 1.17 bits per heavy atom. The Hall–Kier alpha value is -0.900. The first kappa shape index (κ1) is 21.1. The van der Waals surface area contributed by atoms with Crippen molar-refractivity contribution in [3.8, 4) is 0 Å². The maximum atomic E-state index is 11.4. The second kappa shape index (κ2) is 10.2. The summed E-state index contributed by atoms with van der Waals surface area (Å²) in [4.78, 5) is 7.04. The van der Waals surface area contributed by atoms with Crippen LogP contribution in [0.15, 0.2) is 4.99 Å². The summed E-state index contributed by atoms with van der Waals surface area (Å²) in [5.74, 6) is 0.795. The highest BCUT2D eigenvalue weighted by atomic mass is 32.2. The summed E-state index contributed by atoms with van der Waals surface area (Å²) in [5, 5.41) is 6.35. The third-order valence-electron chi connectivity index (χ3n) is 3.95. The lowest BCUT2D eigenvalue weighted by Crippen LogP contribution is -2.52. The molecule has 142 valence electrons. The van der Waals surface area contributed by atoms with Gasteiger partial charge in [0.2, 0.25) is 10.0 Å². The molecule has 8 nitrogen and oxygen atoms in total. The molecule has 0 amide bonds. The summed E-state index contributed by atoms with van der Waals surface area (Å²) in [5.41, 5.74) is -0.0457. The molecule has 1 rings (SSSR count). The number of rotatable bonds is 9. The fraction of sp³-hybridized carbons (Fsp3) is 0.933. The molecule has 0 unspecified atom stereocenters. The molecule has 1 heterocycles. The minimum atomic E-state index is -3.15. The van der Waals surface area contributed by atoms with Gasteiger partial charge in [0.15, 0.2) is 5.96 Å². The van der Waals surface area contributed by atoms with Crippen molar-refractivity contribution in [1.29, 1.82) is 0 Å². The normalized spacial score (nSPS) is 17.8. The van der Waals surface area contributed by atoms with Crippen LogP contribution in [0.1, 0.15) is 27.7 Å². The Morgan fingerprint density at radius 2 is 1.83 bits per heavy atom. The van der Waals surface area contributed by atoms with E-state index in [0.29, 0.717) is 25.6 Å². The van der Waals surface area contributed by atoms with E-state index in [1.807, 2.05) is 6.92 Å². The molecule has 0 atom stereocenters. The SMILES string of the molecule is CCNC(=NCC(C)(C)N1CCOCC1)NCCNS(=O)(=O)CC. The van der Waals surface area contributed by atoms with E-state index in [9.17, 15) is 8.42 Å². The monoisotopic (exact) mass is 363 g/mol. The molecule has 24 heavy (non-hydrogen) atoms. The van der Waals surface area contributed by atoms with Crippen molar-refractivity contribution in [3.05, 3.63) is 0 Å². The molecule has 0 bridgehead atoms. The summed E-state index contributed by atoms with van der Waals surface area (Å²) in [6.07, 6.45) is 0. The van der Waals surface area contributed by atoms with Crippen LogP contribution in [0.2, 0.25) is 0 Å². The van der Waals surface area contributed by atoms with Gasteiger partial charge in [0, 0.05) is 38.3 Å². The second-order valence-electron chi connectivity index (χ2n) is 6.33. The minimum absolute atomic E-state index is 0.0457. The van der Waals surface area contributed by atoms with Crippen LogP contribution < -0.4 is 15.4 Å². The highest BCUT2D eigenvalue weighted by Gasteiger charge is 2.28. The zero-order chi connectivity index (χ0) is 18.1. The fourth-order valence-electron chi connectivity index (χ4n) is 2.37. The smallest absolute Gasteiger partial charge is 0.211 e. The lowest BCUT2D eigenvalue weighted by Gasteiger charge is -2.39. The van der Waals surface area contributed by atoms with Crippen molar-refractivity contribution in [2.75, 3.05) is 58.2 Å². The number of sulfonamides is 1. The Labute approximate surface area is 146 Å². The molecule has 0 saturated carbocycles. The molecule has 0 aromatic carbocycles. The van der Waals surface area contributed by atoms with Crippen LogP contribution in [0.25, 0.3) is 0 Å². The van der Waals surface area contributed by atoms with Crippen LogP contribution in [0.3, 0.4) is 0 Å². The molecule has 1 fully saturated rings. The van der Waals surface area contributed by atoms with Crippen molar-refractivity contribution in [1.82, 2.24) is 20.3 Å². The van der Waals surface area contributed by atoms with Gasteiger partial charge in [0.05, 0.1) is 25.5 Å². The van der Waals surface area contributed by atoms with Crippen LogP contribution in [0.4, 0.5) is 0 Å². The van der Waals surface area contributed by atoms with Gasteiger partial charge in [0.1, 0.15) is 0 Å². The Kier molecular flexibility index (Phi) is 8.96. The summed E-state index contributed by atoms with van der Waals surface area (Å²) >= 11 is 0.